The van der Waals surface area contributed by atoms with Crippen LogP contribution in [0, 0.1) is 6.92 Å². The van der Waals surface area contributed by atoms with Gasteiger partial charge in [-0.05, 0) is 12.5 Å². The Morgan fingerprint density at radius 1 is 1.20 bits per heavy atom. The van der Waals surface area contributed by atoms with Crippen LogP contribution >= 0.6 is 35.3 Å². The van der Waals surface area contributed by atoms with E-state index in [0.29, 0.717) is 0 Å². The molecule has 0 bridgehead atoms. The molecule has 2 heterocycles. The summed E-state index contributed by atoms with van der Waals surface area (Å²) in [5.74, 6) is 0.988. The zero-order valence-corrected chi connectivity index (χ0v) is 18.0. The van der Waals surface area contributed by atoms with Gasteiger partial charge in [0.2, 0.25) is 0 Å². The van der Waals surface area contributed by atoms with Crippen molar-refractivity contribution in [2.24, 2.45) is 4.99 Å². The van der Waals surface area contributed by atoms with Gasteiger partial charge in [-0.25, -0.2) is 4.98 Å². The predicted octanol–water partition coefficient (Wildman–Crippen LogP) is 2.96. The summed E-state index contributed by atoms with van der Waals surface area (Å²) in [5.41, 5.74) is 4.39. The van der Waals surface area contributed by atoms with Crippen LogP contribution in [0.2, 0.25) is 0 Å². The van der Waals surface area contributed by atoms with Crippen molar-refractivity contribution in [1.82, 2.24) is 20.1 Å². The van der Waals surface area contributed by atoms with Gasteiger partial charge >= 0.3 is 0 Å². The van der Waals surface area contributed by atoms with Gasteiger partial charge in [-0.15, -0.1) is 35.3 Å². The maximum Gasteiger partial charge on any atom is 0.194 e. The minimum atomic E-state index is 0. The minimum Gasteiger partial charge on any atom is -0.351 e. The van der Waals surface area contributed by atoms with Gasteiger partial charge in [-0.2, -0.15) is 0 Å². The van der Waals surface area contributed by atoms with Gasteiger partial charge in [0, 0.05) is 44.6 Å². The van der Waals surface area contributed by atoms with Crippen LogP contribution in [0.15, 0.2) is 40.8 Å². The van der Waals surface area contributed by atoms with Crippen molar-refractivity contribution in [3.63, 3.8) is 0 Å². The Morgan fingerprint density at radius 3 is 2.52 bits per heavy atom. The number of hydrogen-bond donors (Lipinski definition) is 1. The molecule has 0 radical (unpaired) electrons. The largest absolute Gasteiger partial charge is 0.351 e. The Bertz CT molecular complexity index is 665. The molecule has 0 spiro atoms. The summed E-state index contributed by atoms with van der Waals surface area (Å²) < 4.78 is 0. The van der Waals surface area contributed by atoms with E-state index >= 15 is 0 Å². The van der Waals surface area contributed by atoms with Gasteiger partial charge in [0.15, 0.2) is 5.96 Å². The Balaban J connectivity index is 0.00000225. The average Bonchev–Trinajstić information content (AvgIpc) is 3.03. The van der Waals surface area contributed by atoms with Crippen LogP contribution in [-0.2, 0) is 13.1 Å². The number of hydrogen-bond acceptors (Lipinski definition) is 4. The maximum atomic E-state index is 4.45. The highest BCUT2D eigenvalue weighted by Crippen LogP contribution is 2.12. The number of nitrogens with zero attached hydrogens (tertiary/aromatic N) is 4. The molecule has 0 atom stereocenters. The zero-order chi connectivity index (χ0) is 16.8. The van der Waals surface area contributed by atoms with Crippen LogP contribution in [-0.4, -0.2) is 54.0 Å². The van der Waals surface area contributed by atoms with Crippen LogP contribution in [0.1, 0.15) is 16.1 Å². The number of aromatic nitrogens is 1. The second-order valence-electron chi connectivity index (χ2n) is 6.01. The first kappa shape index (κ1) is 20.1. The van der Waals surface area contributed by atoms with Crippen LogP contribution < -0.4 is 5.32 Å². The molecule has 1 fully saturated rings. The first-order valence-electron chi connectivity index (χ1n) is 8.37. The SMILES string of the molecule is CN=C(NCc1scnc1C)N1CCN(Cc2ccccc2)CC1.I. The number of nitrogens with one attached hydrogen (secondary N) is 1. The summed E-state index contributed by atoms with van der Waals surface area (Å²) in [6.07, 6.45) is 0. The van der Waals surface area contributed by atoms with Crippen molar-refractivity contribution in [1.29, 1.82) is 0 Å². The molecule has 3 rings (SSSR count). The smallest absolute Gasteiger partial charge is 0.194 e. The third-order valence-corrected chi connectivity index (χ3v) is 5.32. The molecule has 0 saturated carbocycles. The summed E-state index contributed by atoms with van der Waals surface area (Å²) in [4.78, 5) is 14.9. The monoisotopic (exact) mass is 471 g/mol. The summed E-state index contributed by atoms with van der Waals surface area (Å²) in [6.45, 7) is 8.03. The Hall–Kier alpha value is -1.19. The van der Waals surface area contributed by atoms with Crippen LogP contribution in [0.25, 0.3) is 0 Å². The van der Waals surface area contributed by atoms with Crippen LogP contribution in [0.4, 0.5) is 0 Å². The van der Waals surface area contributed by atoms with Gasteiger partial charge in [0.25, 0.3) is 0 Å². The summed E-state index contributed by atoms with van der Waals surface area (Å²) >= 11 is 1.69. The average molecular weight is 471 g/mol. The highest BCUT2D eigenvalue weighted by atomic mass is 127. The standard InChI is InChI=1S/C18H25N5S.HI/c1-15-17(24-14-21-15)12-20-18(19-2)23-10-8-22(9-11-23)13-16-6-4-3-5-7-16;/h3-7,14H,8-13H2,1-2H3,(H,19,20);1H. The molecule has 1 aliphatic heterocycles. The Morgan fingerprint density at radius 2 is 1.92 bits per heavy atom. The summed E-state index contributed by atoms with van der Waals surface area (Å²) in [6, 6.07) is 10.7. The maximum absolute atomic E-state index is 4.45. The zero-order valence-electron chi connectivity index (χ0n) is 14.8. The molecule has 5 nitrogen and oxygen atoms in total. The first-order valence-corrected chi connectivity index (χ1v) is 9.25. The Labute approximate surface area is 171 Å². The molecule has 1 saturated heterocycles. The fourth-order valence-corrected chi connectivity index (χ4v) is 3.66. The lowest BCUT2D eigenvalue weighted by molar-refractivity contribution is 0.172. The first-order chi connectivity index (χ1) is 11.8. The van der Waals surface area contributed by atoms with E-state index in [0.717, 1.165) is 50.9 Å². The van der Waals surface area contributed by atoms with Crippen molar-refractivity contribution in [2.45, 2.75) is 20.0 Å². The number of benzene rings is 1. The fraction of sp³-hybridized carbons (Fsp3) is 0.444. The van der Waals surface area contributed by atoms with Crippen molar-refractivity contribution in [3.05, 3.63) is 52.0 Å². The van der Waals surface area contributed by atoms with Gasteiger partial charge in [0.05, 0.1) is 17.7 Å². The van der Waals surface area contributed by atoms with E-state index in [4.69, 9.17) is 0 Å². The van der Waals surface area contributed by atoms with E-state index in [1.54, 1.807) is 11.3 Å². The highest BCUT2D eigenvalue weighted by molar-refractivity contribution is 14.0. The predicted molar refractivity (Wildman–Crippen MR) is 116 cm³/mol. The lowest BCUT2D eigenvalue weighted by Gasteiger charge is -2.36. The van der Waals surface area contributed by atoms with Gasteiger partial charge in [-0.1, -0.05) is 30.3 Å². The van der Waals surface area contributed by atoms with Crippen molar-refractivity contribution < 1.29 is 0 Å². The molecular formula is C18H26IN5S. The van der Waals surface area contributed by atoms with E-state index in [2.05, 4.69) is 62.3 Å². The number of halogens is 1. The third kappa shape index (κ3) is 5.65. The number of piperazine rings is 1. The topological polar surface area (TPSA) is 43.8 Å². The van der Waals surface area contributed by atoms with E-state index in [9.17, 15) is 0 Å². The molecule has 136 valence electrons. The molecule has 2 aromatic rings. The molecule has 25 heavy (non-hydrogen) atoms. The summed E-state index contributed by atoms with van der Waals surface area (Å²) in [5, 5.41) is 3.47. The van der Waals surface area contributed by atoms with Crippen molar-refractivity contribution in [3.8, 4) is 0 Å². The summed E-state index contributed by atoms with van der Waals surface area (Å²) in [7, 11) is 1.86. The lowest BCUT2D eigenvalue weighted by atomic mass is 10.2. The van der Waals surface area contributed by atoms with Gasteiger partial charge in [0.1, 0.15) is 0 Å². The molecule has 1 aromatic heterocycles. The van der Waals surface area contributed by atoms with E-state index < -0.39 is 0 Å². The molecule has 0 unspecified atom stereocenters. The second kappa shape index (κ2) is 10.1. The van der Waals surface area contributed by atoms with Gasteiger partial charge < -0.3 is 10.2 Å². The quantitative estimate of drug-likeness (QED) is 0.423. The molecular weight excluding hydrogens is 445 g/mol. The van der Waals surface area contributed by atoms with E-state index in [-0.39, 0.29) is 24.0 Å². The van der Waals surface area contributed by atoms with Gasteiger partial charge in [-0.3, -0.25) is 9.89 Å². The number of aryl methyl sites for hydroxylation is 1. The van der Waals surface area contributed by atoms with Crippen molar-refractivity contribution >= 4 is 41.3 Å². The Kier molecular flexibility index (Phi) is 8.11. The number of thiazole rings is 1. The van der Waals surface area contributed by atoms with E-state index in [1.807, 2.05) is 12.6 Å². The molecule has 1 aliphatic rings. The molecule has 0 amide bonds. The molecule has 0 aliphatic carbocycles. The highest BCUT2D eigenvalue weighted by Gasteiger charge is 2.19. The fourth-order valence-electron chi connectivity index (χ4n) is 2.95. The van der Waals surface area contributed by atoms with Crippen molar-refractivity contribution in [2.75, 3.05) is 33.2 Å². The normalized spacial score (nSPS) is 15.8. The van der Waals surface area contributed by atoms with E-state index in [1.165, 1.54) is 10.4 Å². The third-order valence-electron chi connectivity index (χ3n) is 4.38. The number of aliphatic imine (C=N–C) groups is 1. The molecule has 1 N–H and O–H groups in total. The lowest BCUT2D eigenvalue weighted by Crippen LogP contribution is -2.52. The number of guanidine groups is 1. The van der Waals surface area contributed by atoms with Crippen LogP contribution in [0.5, 0.6) is 0 Å². The molecule has 7 heteroatoms. The second-order valence-corrected chi connectivity index (χ2v) is 6.95. The van der Waals surface area contributed by atoms with Crippen LogP contribution in [0.3, 0.4) is 0 Å². The molecule has 1 aromatic carbocycles. The number of rotatable bonds is 4. The minimum absolute atomic E-state index is 0.